The summed E-state index contributed by atoms with van der Waals surface area (Å²) in [5.74, 6) is 0.612. The van der Waals surface area contributed by atoms with Gasteiger partial charge < -0.3 is 15.4 Å². The van der Waals surface area contributed by atoms with Gasteiger partial charge in [0, 0.05) is 23.6 Å². The Bertz CT molecular complexity index is 584. The highest BCUT2D eigenvalue weighted by atomic mass is 32.2. The molecule has 1 aromatic carbocycles. The minimum atomic E-state index is -0.215. The van der Waals surface area contributed by atoms with Gasteiger partial charge in [-0.05, 0) is 55.2 Å². The van der Waals surface area contributed by atoms with Crippen LogP contribution in [0.3, 0.4) is 0 Å². The number of carbonyl (C=O) groups is 1. The molecule has 2 N–H and O–H groups in total. The third-order valence-electron chi connectivity index (χ3n) is 3.89. The number of hydrogen-bond donors (Lipinski definition) is 2. The highest BCUT2D eigenvalue weighted by Gasteiger charge is 2.21. The number of unbranched alkanes of at least 4 members (excludes halogenated alkanes) is 2. The average molecular weight is 371 g/mol. The van der Waals surface area contributed by atoms with Crippen LogP contribution in [0.25, 0.3) is 0 Å². The Morgan fingerprint density at radius 2 is 2.25 bits per heavy atom. The maximum atomic E-state index is 13.5. The number of esters is 1. The van der Waals surface area contributed by atoms with Gasteiger partial charge in [-0.2, -0.15) is 0 Å². The Balaban J connectivity index is 1.70. The van der Waals surface area contributed by atoms with Gasteiger partial charge in [0.2, 0.25) is 0 Å². The molecule has 24 heavy (non-hydrogen) atoms. The molecule has 7 heteroatoms. The molecular weight excluding hydrogens is 347 g/mol. The van der Waals surface area contributed by atoms with E-state index >= 15 is 0 Å². The van der Waals surface area contributed by atoms with E-state index in [4.69, 9.17) is 12.2 Å². The second-order valence-corrected chi connectivity index (χ2v) is 7.20. The van der Waals surface area contributed by atoms with Crippen LogP contribution in [-0.2, 0) is 9.53 Å². The average Bonchev–Trinajstić information content (AvgIpc) is 2.58. The maximum absolute atomic E-state index is 13.5. The number of nitrogens with one attached hydrogen (secondary N) is 2. The van der Waals surface area contributed by atoms with Gasteiger partial charge in [0.1, 0.15) is 5.82 Å². The maximum Gasteiger partial charge on any atom is 0.305 e. The number of halogens is 1. The van der Waals surface area contributed by atoms with Gasteiger partial charge in [-0.1, -0.05) is 6.42 Å². The van der Waals surface area contributed by atoms with E-state index in [9.17, 15) is 9.18 Å². The molecule has 1 aliphatic rings. The first kappa shape index (κ1) is 19.0. The van der Waals surface area contributed by atoms with Crippen LogP contribution in [-0.4, -0.2) is 30.5 Å². The number of thioether (sulfide) groups is 1. The molecule has 0 amide bonds. The van der Waals surface area contributed by atoms with Crippen molar-refractivity contribution >= 4 is 35.1 Å². The van der Waals surface area contributed by atoms with E-state index in [2.05, 4.69) is 15.4 Å². The smallest absolute Gasteiger partial charge is 0.305 e. The minimum Gasteiger partial charge on any atom is -0.469 e. The van der Waals surface area contributed by atoms with Crippen molar-refractivity contribution in [1.82, 2.24) is 10.6 Å². The van der Waals surface area contributed by atoms with Crippen molar-refractivity contribution in [3.8, 4) is 0 Å². The zero-order valence-corrected chi connectivity index (χ0v) is 15.4. The summed E-state index contributed by atoms with van der Waals surface area (Å²) in [5.41, 5.74) is 0.980. The van der Waals surface area contributed by atoms with Gasteiger partial charge in [0.15, 0.2) is 5.11 Å². The molecule has 0 fully saturated rings. The highest BCUT2D eigenvalue weighted by Crippen LogP contribution is 2.36. The lowest BCUT2D eigenvalue weighted by Gasteiger charge is -2.27. The van der Waals surface area contributed by atoms with Crippen molar-refractivity contribution < 1.29 is 13.9 Å². The lowest BCUT2D eigenvalue weighted by atomic mass is 10.0. The third-order valence-corrected chi connectivity index (χ3v) is 5.27. The van der Waals surface area contributed by atoms with Crippen LogP contribution in [0.4, 0.5) is 4.39 Å². The summed E-state index contributed by atoms with van der Waals surface area (Å²) >= 11 is 7.09. The molecule has 1 atom stereocenters. The van der Waals surface area contributed by atoms with Crippen molar-refractivity contribution in [3.63, 3.8) is 0 Å². The fraction of sp³-hybridized carbons (Fsp3) is 0.529. The van der Waals surface area contributed by atoms with E-state index in [-0.39, 0.29) is 17.8 Å². The number of thiocarbonyl (C=S) groups is 1. The predicted molar refractivity (Wildman–Crippen MR) is 98.7 cm³/mol. The van der Waals surface area contributed by atoms with E-state index in [1.54, 1.807) is 17.8 Å². The number of benzene rings is 1. The summed E-state index contributed by atoms with van der Waals surface area (Å²) < 4.78 is 18.1. The Kier molecular flexibility index (Phi) is 7.78. The quantitative estimate of drug-likeness (QED) is 0.435. The van der Waals surface area contributed by atoms with Gasteiger partial charge in [-0.25, -0.2) is 4.39 Å². The third kappa shape index (κ3) is 5.94. The molecular formula is C17H23FN2O2S2. The second kappa shape index (κ2) is 9.84. The van der Waals surface area contributed by atoms with Crippen LogP contribution in [0.2, 0.25) is 0 Å². The Morgan fingerprint density at radius 3 is 3.04 bits per heavy atom. The zero-order valence-electron chi connectivity index (χ0n) is 13.8. The molecule has 1 heterocycles. The molecule has 132 valence electrons. The topological polar surface area (TPSA) is 50.4 Å². The van der Waals surface area contributed by atoms with Gasteiger partial charge in [0.25, 0.3) is 0 Å². The standard InChI is InChI=1S/C17H23FN2O2S2/c1-22-16(21)5-3-2-4-9-19-17(23)20-14-8-10-24-15-7-6-12(18)11-13(14)15/h6-7,11,14H,2-5,8-10H2,1H3,(H2,19,20,23)/t14-/m0/s1. The van der Waals surface area contributed by atoms with E-state index in [1.165, 1.54) is 13.2 Å². The fourth-order valence-corrected chi connectivity index (χ4v) is 3.95. The summed E-state index contributed by atoms with van der Waals surface area (Å²) in [5, 5.41) is 7.06. The van der Waals surface area contributed by atoms with Gasteiger partial charge in [-0.15, -0.1) is 11.8 Å². The summed E-state index contributed by atoms with van der Waals surface area (Å²) in [7, 11) is 1.40. The molecule has 0 aliphatic carbocycles. The lowest BCUT2D eigenvalue weighted by molar-refractivity contribution is -0.140. The first-order valence-electron chi connectivity index (χ1n) is 8.13. The first-order chi connectivity index (χ1) is 11.6. The Morgan fingerprint density at radius 1 is 1.42 bits per heavy atom. The van der Waals surface area contributed by atoms with E-state index in [0.717, 1.165) is 48.4 Å². The summed E-state index contributed by atoms with van der Waals surface area (Å²) in [6.07, 6.45) is 4.08. The van der Waals surface area contributed by atoms with Crippen molar-refractivity contribution in [2.45, 2.75) is 43.0 Å². The van der Waals surface area contributed by atoms with Crippen LogP contribution in [0.1, 0.15) is 43.7 Å². The van der Waals surface area contributed by atoms with Crippen LogP contribution < -0.4 is 10.6 Å². The number of hydrogen-bond acceptors (Lipinski definition) is 4. The zero-order chi connectivity index (χ0) is 17.4. The molecule has 0 spiro atoms. The molecule has 0 aromatic heterocycles. The van der Waals surface area contributed by atoms with Gasteiger partial charge in [0.05, 0.1) is 13.2 Å². The SMILES string of the molecule is COC(=O)CCCCCNC(=S)N[C@H]1CCSc2ccc(F)cc21. The van der Waals surface area contributed by atoms with Crippen LogP contribution in [0.15, 0.2) is 23.1 Å². The first-order valence-corrected chi connectivity index (χ1v) is 9.53. The number of fused-ring (bicyclic) bond motifs is 1. The Hall–Kier alpha value is -1.34. The van der Waals surface area contributed by atoms with E-state index in [1.807, 2.05) is 6.07 Å². The van der Waals surface area contributed by atoms with E-state index < -0.39 is 0 Å². The molecule has 0 radical (unpaired) electrons. The molecule has 2 rings (SSSR count). The predicted octanol–water partition coefficient (Wildman–Crippen LogP) is 3.56. The largest absolute Gasteiger partial charge is 0.469 e. The van der Waals surface area contributed by atoms with Crippen molar-refractivity contribution in [3.05, 3.63) is 29.6 Å². The molecule has 0 unspecified atom stereocenters. The van der Waals surface area contributed by atoms with Crippen LogP contribution >= 0.6 is 24.0 Å². The minimum absolute atomic E-state index is 0.0521. The molecule has 0 bridgehead atoms. The summed E-state index contributed by atoms with van der Waals surface area (Å²) in [6.45, 7) is 0.754. The molecule has 1 aromatic rings. The van der Waals surface area contributed by atoms with E-state index in [0.29, 0.717) is 11.5 Å². The van der Waals surface area contributed by atoms with Crippen molar-refractivity contribution in [1.29, 1.82) is 0 Å². The molecule has 0 saturated heterocycles. The molecule has 4 nitrogen and oxygen atoms in total. The van der Waals surface area contributed by atoms with Crippen molar-refractivity contribution in [2.75, 3.05) is 19.4 Å². The normalized spacial score (nSPS) is 16.2. The lowest BCUT2D eigenvalue weighted by Crippen LogP contribution is -2.39. The number of carbonyl (C=O) groups excluding carboxylic acids is 1. The highest BCUT2D eigenvalue weighted by molar-refractivity contribution is 7.99. The van der Waals surface area contributed by atoms with Gasteiger partial charge >= 0.3 is 5.97 Å². The molecule has 0 saturated carbocycles. The molecule has 1 aliphatic heterocycles. The fourth-order valence-electron chi connectivity index (χ4n) is 2.60. The summed E-state index contributed by atoms with van der Waals surface area (Å²) in [4.78, 5) is 12.1. The van der Waals surface area contributed by atoms with Crippen LogP contribution in [0.5, 0.6) is 0 Å². The Labute approximate surface area is 151 Å². The van der Waals surface area contributed by atoms with Crippen LogP contribution in [0, 0.1) is 5.82 Å². The monoisotopic (exact) mass is 370 g/mol. The van der Waals surface area contributed by atoms with Crippen molar-refractivity contribution in [2.24, 2.45) is 0 Å². The second-order valence-electron chi connectivity index (χ2n) is 5.66. The number of ether oxygens (including phenoxy) is 1. The number of rotatable bonds is 7. The van der Waals surface area contributed by atoms with Gasteiger partial charge in [-0.3, -0.25) is 4.79 Å². The number of methoxy groups -OCH3 is 1. The summed E-state index contributed by atoms with van der Waals surface area (Å²) in [6, 6.07) is 4.98.